The Morgan fingerprint density at radius 2 is 1.70 bits per heavy atom. The molecule has 0 spiro atoms. The number of carbonyl (C=O) groups excluding carboxylic acids is 1. The maximum Gasteiger partial charge on any atom is 0.226 e. The average Bonchev–Trinajstić information content (AvgIpc) is 2.54. The Kier molecular flexibility index (Phi) is 4.22. The topological polar surface area (TPSA) is 40.5 Å². The first-order chi connectivity index (χ1) is 11.0. The molecule has 120 valence electrons. The van der Waals surface area contributed by atoms with Crippen LogP contribution in [0.3, 0.4) is 0 Å². The summed E-state index contributed by atoms with van der Waals surface area (Å²) >= 11 is 0. The smallest absolute Gasteiger partial charge is 0.226 e. The zero-order valence-corrected chi connectivity index (χ0v) is 13.6. The van der Waals surface area contributed by atoms with Gasteiger partial charge in [-0.05, 0) is 24.0 Å². The molecule has 1 aliphatic heterocycles. The molecule has 0 aromatic heterocycles. The van der Waals surface area contributed by atoms with Crippen LogP contribution in [0.1, 0.15) is 37.4 Å². The van der Waals surface area contributed by atoms with Gasteiger partial charge in [-0.3, -0.25) is 4.79 Å². The van der Waals surface area contributed by atoms with Crippen LogP contribution in [0, 0.1) is 5.92 Å². The number of carbonyl (C=O) groups is 1. The van der Waals surface area contributed by atoms with Gasteiger partial charge in [-0.25, -0.2) is 0 Å². The van der Waals surface area contributed by atoms with Gasteiger partial charge in [0.25, 0.3) is 0 Å². The van der Waals surface area contributed by atoms with Crippen LogP contribution >= 0.6 is 0 Å². The average molecular weight is 309 g/mol. The number of hydrogen-bond acceptors (Lipinski definition) is 2. The molecular formula is C20H23NO2. The SMILES string of the molecule is CC1CN(C(=O)CC(C)(O)c2ccccc2)C1c1ccccc1. The summed E-state index contributed by atoms with van der Waals surface area (Å²) in [6, 6.07) is 19.6. The van der Waals surface area contributed by atoms with Crippen molar-refractivity contribution in [3.05, 3.63) is 71.8 Å². The molecule has 0 aliphatic carbocycles. The van der Waals surface area contributed by atoms with Gasteiger partial charge in [0.2, 0.25) is 5.91 Å². The van der Waals surface area contributed by atoms with Crippen molar-refractivity contribution in [2.75, 3.05) is 6.54 Å². The molecule has 1 aliphatic rings. The van der Waals surface area contributed by atoms with Gasteiger partial charge in [0, 0.05) is 6.54 Å². The molecular weight excluding hydrogens is 286 g/mol. The lowest BCUT2D eigenvalue weighted by Gasteiger charge is -2.48. The van der Waals surface area contributed by atoms with Crippen molar-refractivity contribution < 1.29 is 9.90 Å². The normalized spacial score (nSPS) is 23.0. The highest BCUT2D eigenvalue weighted by Gasteiger charge is 2.41. The monoisotopic (exact) mass is 309 g/mol. The molecule has 3 heteroatoms. The standard InChI is InChI=1S/C20H23NO2/c1-15-14-21(19(15)16-9-5-3-6-10-16)18(22)13-20(2,23)17-11-7-4-8-12-17/h3-12,15,19,23H,13-14H2,1-2H3. The van der Waals surface area contributed by atoms with E-state index in [1.165, 1.54) is 5.56 Å². The number of benzene rings is 2. The first-order valence-electron chi connectivity index (χ1n) is 8.11. The van der Waals surface area contributed by atoms with Crippen molar-refractivity contribution in [3.63, 3.8) is 0 Å². The van der Waals surface area contributed by atoms with E-state index in [2.05, 4.69) is 19.1 Å². The second-order valence-electron chi connectivity index (χ2n) is 6.70. The maximum absolute atomic E-state index is 12.7. The highest BCUT2D eigenvalue weighted by atomic mass is 16.3. The van der Waals surface area contributed by atoms with Crippen LogP contribution in [0.15, 0.2) is 60.7 Å². The highest BCUT2D eigenvalue weighted by Crippen LogP contribution is 2.40. The minimum atomic E-state index is -1.14. The summed E-state index contributed by atoms with van der Waals surface area (Å²) in [5, 5.41) is 10.7. The molecule has 2 aromatic rings. The van der Waals surface area contributed by atoms with E-state index in [4.69, 9.17) is 0 Å². The third-order valence-corrected chi connectivity index (χ3v) is 4.71. The van der Waals surface area contributed by atoms with Crippen LogP contribution in [-0.2, 0) is 10.4 Å². The van der Waals surface area contributed by atoms with Crippen molar-refractivity contribution in [1.82, 2.24) is 4.90 Å². The van der Waals surface area contributed by atoms with E-state index in [0.717, 1.165) is 12.1 Å². The van der Waals surface area contributed by atoms with Crippen LogP contribution in [-0.4, -0.2) is 22.5 Å². The first-order valence-corrected chi connectivity index (χ1v) is 8.11. The third-order valence-electron chi connectivity index (χ3n) is 4.71. The summed E-state index contributed by atoms with van der Waals surface area (Å²) in [7, 11) is 0. The molecule has 1 fully saturated rings. The summed E-state index contributed by atoms with van der Waals surface area (Å²) in [6.07, 6.45) is 0.104. The lowest BCUT2D eigenvalue weighted by Crippen LogP contribution is -2.52. The van der Waals surface area contributed by atoms with Crippen LogP contribution in [0.25, 0.3) is 0 Å². The maximum atomic E-state index is 12.7. The molecule has 3 unspecified atom stereocenters. The number of likely N-dealkylation sites (tertiary alicyclic amines) is 1. The quantitative estimate of drug-likeness (QED) is 0.939. The minimum Gasteiger partial charge on any atom is -0.385 e. The van der Waals surface area contributed by atoms with E-state index in [-0.39, 0.29) is 18.4 Å². The lowest BCUT2D eigenvalue weighted by molar-refractivity contribution is -0.148. The van der Waals surface area contributed by atoms with Crippen molar-refractivity contribution in [2.45, 2.75) is 31.9 Å². The molecule has 1 N–H and O–H groups in total. The van der Waals surface area contributed by atoms with E-state index < -0.39 is 5.60 Å². The summed E-state index contributed by atoms with van der Waals surface area (Å²) in [4.78, 5) is 14.6. The molecule has 3 rings (SSSR count). The van der Waals surface area contributed by atoms with Gasteiger partial charge in [-0.1, -0.05) is 67.6 Å². The molecule has 1 heterocycles. The third kappa shape index (κ3) is 3.15. The van der Waals surface area contributed by atoms with E-state index in [1.807, 2.05) is 53.4 Å². The Hall–Kier alpha value is -2.13. The molecule has 0 saturated carbocycles. The van der Waals surface area contributed by atoms with Crippen LogP contribution in [0.2, 0.25) is 0 Å². The van der Waals surface area contributed by atoms with Crippen LogP contribution in [0.5, 0.6) is 0 Å². The molecule has 1 saturated heterocycles. The molecule has 1 amide bonds. The summed E-state index contributed by atoms with van der Waals surface area (Å²) in [5.41, 5.74) is 0.801. The van der Waals surface area contributed by atoms with E-state index in [9.17, 15) is 9.90 Å². The van der Waals surface area contributed by atoms with Gasteiger partial charge in [-0.2, -0.15) is 0 Å². The van der Waals surface area contributed by atoms with Gasteiger partial charge in [0.05, 0.1) is 18.1 Å². The Balaban J connectivity index is 1.74. The molecule has 3 atom stereocenters. The van der Waals surface area contributed by atoms with E-state index >= 15 is 0 Å². The predicted molar refractivity (Wildman–Crippen MR) is 90.7 cm³/mol. The molecule has 3 nitrogen and oxygen atoms in total. The fraction of sp³-hybridized carbons (Fsp3) is 0.350. The van der Waals surface area contributed by atoms with Gasteiger partial charge < -0.3 is 10.0 Å². The minimum absolute atomic E-state index is 0.00538. The Labute approximate surface area is 137 Å². The summed E-state index contributed by atoms with van der Waals surface area (Å²) in [6.45, 7) is 4.63. The number of aliphatic hydroxyl groups is 1. The van der Waals surface area contributed by atoms with Crippen molar-refractivity contribution >= 4 is 5.91 Å². The van der Waals surface area contributed by atoms with Gasteiger partial charge in [0.1, 0.15) is 0 Å². The van der Waals surface area contributed by atoms with Crippen molar-refractivity contribution in [1.29, 1.82) is 0 Å². The Bertz CT molecular complexity index is 667. The fourth-order valence-electron chi connectivity index (χ4n) is 3.40. The zero-order valence-electron chi connectivity index (χ0n) is 13.6. The number of amides is 1. The van der Waals surface area contributed by atoms with Gasteiger partial charge >= 0.3 is 0 Å². The molecule has 2 aromatic carbocycles. The van der Waals surface area contributed by atoms with Gasteiger partial charge in [-0.15, -0.1) is 0 Å². The highest BCUT2D eigenvalue weighted by molar-refractivity contribution is 5.79. The second-order valence-corrected chi connectivity index (χ2v) is 6.70. The number of hydrogen-bond donors (Lipinski definition) is 1. The predicted octanol–water partition coefficient (Wildman–Crippen LogP) is 3.50. The second kappa shape index (κ2) is 6.17. The van der Waals surface area contributed by atoms with E-state index in [0.29, 0.717) is 5.92 Å². The number of rotatable bonds is 4. The van der Waals surface area contributed by atoms with Crippen LogP contribution < -0.4 is 0 Å². The van der Waals surface area contributed by atoms with Crippen LogP contribution in [0.4, 0.5) is 0 Å². The lowest BCUT2D eigenvalue weighted by atomic mass is 9.83. The fourth-order valence-corrected chi connectivity index (χ4v) is 3.40. The Morgan fingerprint density at radius 1 is 1.13 bits per heavy atom. The zero-order chi connectivity index (χ0) is 16.4. The number of nitrogens with zero attached hydrogens (tertiary/aromatic N) is 1. The summed E-state index contributed by atoms with van der Waals surface area (Å²) in [5.74, 6) is 0.453. The van der Waals surface area contributed by atoms with E-state index in [1.54, 1.807) is 6.92 Å². The molecule has 0 radical (unpaired) electrons. The Morgan fingerprint density at radius 3 is 2.26 bits per heavy atom. The van der Waals surface area contributed by atoms with Crippen molar-refractivity contribution in [3.8, 4) is 0 Å². The molecule has 0 bridgehead atoms. The van der Waals surface area contributed by atoms with Gasteiger partial charge in [0.15, 0.2) is 0 Å². The first kappa shape index (κ1) is 15.8. The van der Waals surface area contributed by atoms with Crippen molar-refractivity contribution in [2.24, 2.45) is 5.92 Å². The molecule has 23 heavy (non-hydrogen) atoms. The summed E-state index contributed by atoms with van der Waals surface area (Å²) < 4.78 is 0. The largest absolute Gasteiger partial charge is 0.385 e.